The molecule has 2 bridgehead atoms. The molecule has 0 radical (unpaired) electrons. The van der Waals surface area contributed by atoms with E-state index in [1.54, 1.807) is 0 Å². The van der Waals surface area contributed by atoms with E-state index in [1.807, 2.05) is 0 Å². The van der Waals surface area contributed by atoms with Gasteiger partial charge in [-0.15, -0.1) is 0 Å². The fourth-order valence-electron chi connectivity index (χ4n) is 2.37. The van der Waals surface area contributed by atoms with Gasteiger partial charge in [0.2, 0.25) is 0 Å². The number of alkyl halides is 1. The van der Waals surface area contributed by atoms with Gasteiger partial charge in [0.15, 0.2) is 0 Å². The average molecular weight is 197 g/mol. The second kappa shape index (κ2) is 1.58. The summed E-state index contributed by atoms with van der Waals surface area (Å²) in [6, 6.07) is 0. The van der Waals surface area contributed by atoms with Gasteiger partial charge in [-0.3, -0.25) is 0 Å². The van der Waals surface area contributed by atoms with E-state index in [1.165, 1.54) is 0 Å². The van der Waals surface area contributed by atoms with Crippen LogP contribution in [0.4, 0.5) is 0 Å². The van der Waals surface area contributed by atoms with Crippen molar-refractivity contribution >= 4 is 15.9 Å². The van der Waals surface area contributed by atoms with Crippen LogP contribution in [0.15, 0.2) is 24.3 Å². The molecule has 3 atom stereocenters. The van der Waals surface area contributed by atoms with Crippen LogP contribution >= 0.6 is 15.9 Å². The average Bonchev–Trinajstić information content (AvgIpc) is 2.59. The smallest absolute Gasteiger partial charge is 0.0283 e. The molecule has 1 fully saturated rings. The highest BCUT2D eigenvalue weighted by Gasteiger charge is 2.55. The Balaban J connectivity index is 2.13. The number of rotatable bonds is 0. The summed E-state index contributed by atoms with van der Waals surface area (Å²) in [5.41, 5.74) is 0. The van der Waals surface area contributed by atoms with Crippen molar-refractivity contribution in [1.82, 2.24) is 0 Å². The summed E-state index contributed by atoms with van der Waals surface area (Å²) < 4.78 is 0. The monoisotopic (exact) mass is 196 g/mol. The van der Waals surface area contributed by atoms with Gasteiger partial charge in [-0.25, -0.2) is 0 Å². The predicted molar refractivity (Wildman–Crippen MR) is 45.0 cm³/mol. The van der Waals surface area contributed by atoms with Gasteiger partial charge in [0.05, 0.1) is 0 Å². The Morgan fingerprint density at radius 3 is 2.00 bits per heavy atom. The van der Waals surface area contributed by atoms with E-state index in [0.717, 1.165) is 22.6 Å². The van der Waals surface area contributed by atoms with Crippen LogP contribution in [-0.4, -0.2) is 4.83 Å². The Morgan fingerprint density at radius 1 is 0.900 bits per heavy atom. The molecule has 3 aliphatic rings. The quantitative estimate of drug-likeness (QED) is 0.413. The molecular formula is C9H9Br. The predicted octanol–water partition coefficient (Wildman–Crippen LogP) is 2.37. The van der Waals surface area contributed by atoms with Gasteiger partial charge in [0.25, 0.3) is 0 Å². The van der Waals surface area contributed by atoms with Crippen LogP contribution in [-0.2, 0) is 0 Å². The molecule has 0 aromatic heterocycles. The highest BCUT2D eigenvalue weighted by molar-refractivity contribution is 9.09. The maximum absolute atomic E-state index is 3.75. The van der Waals surface area contributed by atoms with Crippen molar-refractivity contribution in [2.45, 2.75) is 4.83 Å². The molecule has 0 nitrogen and oxygen atoms in total. The Hall–Kier alpha value is -0.0400. The van der Waals surface area contributed by atoms with E-state index < -0.39 is 0 Å². The van der Waals surface area contributed by atoms with Crippen molar-refractivity contribution in [3.8, 4) is 0 Å². The Morgan fingerprint density at radius 2 is 1.50 bits per heavy atom. The molecule has 3 aliphatic carbocycles. The van der Waals surface area contributed by atoms with Crippen molar-refractivity contribution < 1.29 is 0 Å². The molecule has 1 heteroatoms. The zero-order valence-electron chi connectivity index (χ0n) is 5.57. The molecule has 0 saturated heterocycles. The first kappa shape index (κ1) is 5.59. The van der Waals surface area contributed by atoms with Gasteiger partial charge in [-0.05, 0) is 17.8 Å². The second-order valence-electron chi connectivity index (χ2n) is 3.52. The molecule has 3 rings (SSSR count). The van der Waals surface area contributed by atoms with E-state index in [9.17, 15) is 0 Å². The largest absolute Gasteiger partial charge is 0.0877 e. The van der Waals surface area contributed by atoms with E-state index in [-0.39, 0.29) is 0 Å². The lowest BCUT2D eigenvalue weighted by atomic mass is 9.93. The van der Waals surface area contributed by atoms with E-state index in [4.69, 9.17) is 0 Å². The number of hydrogen-bond acceptors (Lipinski definition) is 0. The standard InChI is InChI=1S/C9H9Br/c10-9-5-1-3-6-7(4-2-5)8(6)9/h1-9H. The second-order valence-corrected chi connectivity index (χ2v) is 4.58. The summed E-state index contributed by atoms with van der Waals surface area (Å²) in [4.78, 5) is 0.748. The lowest BCUT2D eigenvalue weighted by Gasteiger charge is -2.20. The maximum atomic E-state index is 3.75. The summed E-state index contributed by atoms with van der Waals surface area (Å²) in [6.07, 6.45) is 9.50. The SMILES string of the molecule is BrC1C2C=CC3C(C=C2)C13. The first-order valence-electron chi connectivity index (χ1n) is 3.88. The molecular weight excluding hydrogens is 188 g/mol. The van der Waals surface area contributed by atoms with Crippen molar-refractivity contribution in [2.24, 2.45) is 23.7 Å². The van der Waals surface area contributed by atoms with Crippen LogP contribution < -0.4 is 0 Å². The summed E-state index contributed by atoms with van der Waals surface area (Å²) >= 11 is 3.75. The van der Waals surface area contributed by atoms with Gasteiger partial charge in [0.1, 0.15) is 0 Å². The molecule has 1 saturated carbocycles. The summed E-state index contributed by atoms with van der Waals surface area (Å²) in [6.45, 7) is 0. The fourth-order valence-corrected chi connectivity index (χ4v) is 3.43. The number of allylic oxidation sites excluding steroid dienone is 4. The van der Waals surface area contributed by atoms with Gasteiger partial charge in [-0.2, -0.15) is 0 Å². The first-order valence-corrected chi connectivity index (χ1v) is 4.80. The molecule has 0 aliphatic heterocycles. The molecule has 10 heavy (non-hydrogen) atoms. The highest BCUT2D eigenvalue weighted by atomic mass is 79.9. The fraction of sp³-hybridized carbons (Fsp3) is 0.556. The summed E-state index contributed by atoms with van der Waals surface area (Å²) in [5.74, 6) is 3.42. The van der Waals surface area contributed by atoms with Gasteiger partial charge in [0, 0.05) is 10.7 Å². The van der Waals surface area contributed by atoms with Gasteiger partial charge in [-0.1, -0.05) is 40.2 Å². The summed E-state index contributed by atoms with van der Waals surface area (Å²) in [5, 5.41) is 0. The van der Waals surface area contributed by atoms with Crippen LogP contribution in [0.5, 0.6) is 0 Å². The van der Waals surface area contributed by atoms with E-state index >= 15 is 0 Å². The zero-order chi connectivity index (χ0) is 6.72. The van der Waals surface area contributed by atoms with Crippen molar-refractivity contribution in [1.29, 1.82) is 0 Å². The Bertz CT molecular complexity index is 209. The normalized spacial score (nSPS) is 60.7. The van der Waals surface area contributed by atoms with Gasteiger partial charge < -0.3 is 0 Å². The lowest BCUT2D eigenvalue weighted by molar-refractivity contribution is 0.597. The van der Waals surface area contributed by atoms with Crippen molar-refractivity contribution in [2.75, 3.05) is 0 Å². The minimum atomic E-state index is 0.694. The number of hydrogen-bond donors (Lipinski definition) is 0. The summed E-state index contributed by atoms with van der Waals surface area (Å²) in [7, 11) is 0. The highest BCUT2D eigenvalue weighted by Crippen LogP contribution is 2.59. The van der Waals surface area contributed by atoms with E-state index in [0.29, 0.717) is 5.92 Å². The zero-order valence-corrected chi connectivity index (χ0v) is 7.16. The van der Waals surface area contributed by atoms with Crippen LogP contribution in [0.1, 0.15) is 0 Å². The number of fused-ring (bicyclic) bond motifs is 2. The van der Waals surface area contributed by atoms with Gasteiger partial charge >= 0.3 is 0 Å². The third-order valence-corrected chi connectivity index (χ3v) is 4.26. The van der Waals surface area contributed by atoms with Crippen molar-refractivity contribution in [3.63, 3.8) is 0 Å². The third kappa shape index (κ3) is 0.493. The van der Waals surface area contributed by atoms with Crippen molar-refractivity contribution in [3.05, 3.63) is 24.3 Å². The topological polar surface area (TPSA) is 0 Å². The molecule has 0 aromatic rings. The Labute approximate surface area is 69.1 Å². The van der Waals surface area contributed by atoms with Crippen LogP contribution in [0.2, 0.25) is 0 Å². The van der Waals surface area contributed by atoms with Crippen LogP contribution in [0.25, 0.3) is 0 Å². The van der Waals surface area contributed by atoms with Crippen LogP contribution in [0.3, 0.4) is 0 Å². The Kier molecular flexibility index (Phi) is 0.883. The van der Waals surface area contributed by atoms with Crippen LogP contribution in [0, 0.1) is 23.7 Å². The number of halogens is 1. The first-order chi connectivity index (χ1) is 4.88. The maximum Gasteiger partial charge on any atom is 0.0283 e. The molecule has 0 spiro atoms. The minimum absolute atomic E-state index is 0.694. The van der Waals surface area contributed by atoms with E-state index in [2.05, 4.69) is 40.2 Å². The molecule has 0 aromatic carbocycles. The minimum Gasteiger partial charge on any atom is -0.0877 e. The molecule has 52 valence electrons. The molecule has 0 N–H and O–H groups in total. The third-order valence-electron chi connectivity index (χ3n) is 3.04. The molecule has 0 amide bonds. The lowest BCUT2D eigenvalue weighted by Crippen LogP contribution is -2.18. The molecule has 3 unspecified atom stereocenters. The molecule has 0 heterocycles.